The highest BCUT2D eigenvalue weighted by molar-refractivity contribution is 5.57. The molecule has 1 aliphatic carbocycles. The number of nitrogen functional groups attached to an aromatic ring is 1. The number of nitriles is 1. The second-order valence-corrected chi connectivity index (χ2v) is 3.94. The van der Waals surface area contributed by atoms with Crippen molar-refractivity contribution in [3.63, 3.8) is 0 Å². The van der Waals surface area contributed by atoms with Gasteiger partial charge >= 0.3 is 0 Å². The average molecular weight is 202 g/mol. The van der Waals surface area contributed by atoms with Crippen LogP contribution in [-0.2, 0) is 0 Å². The van der Waals surface area contributed by atoms with Crippen molar-refractivity contribution in [3.05, 3.63) is 17.8 Å². The largest absolute Gasteiger partial charge is 0.397 e. The minimum atomic E-state index is 0.519. The third-order valence-corrected chi connectivity index (χ3v) is 2.57. The quantitative estimate of drug-likeness (QED) is 0.780. The molecule has 1 aromatic heterocycles. The number of rotatable bonds is 4. The van der Waals surface area contributed by atoms with E-state index in [4.69, 9.17) is 11.0 Å². The van der Waals surface area contributed by atoms with Crippen LogP contribution in [0.25, 0.3) is 0 Å². The summed E-state index contributed by atoms with van der Waals surface area (Å²) < 4.78 is 0. The number of aromatic nitrogens is 1. The van der Waals surface area contributed by atoms with Gasteiger partial charge in [0.15, 0.2) is 0 Å². The lowest BCUT2D eigenvalue weighted by atomic mass is 10.2. The molecule has 1 heterocycles. The highest BCUT2D eigenvalue weighted by Gasteiger charge is 2.20. The van der Waals surface area contributed by atoms with Crippen molar-refractivity contribution in [3.8, 4) is 6.07 Å². The van der Waals surface area contributed by atoms with Gasteiger partial charge < -0.3 is 11.1 Å². The standard InChI is InChI=1S/C11H14N4/c12-6-9-5-10(13)7-15-11(9)14-4-3-8-1-2-8/h5,7-8H,1-4,13H2,(H,14,15). The van der Waals surface area contributed by atoms with E-state index in [1.165, 1.54) is 12.8 Å². The second-order valence-electron chi connectivity index (χ2n) is 3.94. The fourth-order valence-electron chi connectivity index (χ4n) is 1.51. The fourth-order valence-corrected chi connectivity index (χ4v) is 1.51. The Labute approximate surface area is 89.1 Å². The van der Waals surface area contributed by atoms with Gasteiger partial charge in [-0.15, -0.1) is 0 Å². The maximum Gasteiger partial charge on any atom is 0.144 e. The molecular formula is C11H14N4. The monoisotopic (exact) mass is 202 g/mol. The zero-order valence-electron chi connectivity index (χ0n) is 8.53. The van der Waals surface area contributed by atoms with Crippen LogP contribution >= 0.6 is 0 Å². The molecule has 0 unspecified atom stereocenters. The molecular weight excluding hydrogens is 188 g/mol. The lowest BCUT2D eigenvalue weighted by Crippen LogP contribution is -2.06. The Kier molecular flexibility index (Phi) is 2.72. The molecule has 1 fully saturated rings. The van der Waals surface area contributed by atoms with Crippen LogP contribution in [0.5, 0.6) is 0 Å². The van der Waals surface area contributed by atoms with Gasteiger partial charge in [0, 0.05) is 6.54 Å². The molecule has 15 heavy (non-hydrogen) atoms. The fraction of sp³-hybridized carbons (Fsp3) is 0.455. The number of pyridine rings is 1. The van der Waals surface area contributed by atoms with E-state index in [-0.39, 0.29) is 0 Å². The number of hydrogen-bond acceptors (Lipinski definition) is 4. The SMILES string of the molecule is N#Cc1cc(N)cnc1NCCC1CC1. The third kappa shape index (κ3) is 2.59. The molecule has 0 bridgehead atoms. The van der Waals surface area contributed by atoms with Crippen molar-refractivity contribution in [1.82, 2.24) is 4.98 Å². The summed E-state index contributed by atoms with van der Waals surface area (Å²) >= 11 is 0. The summed E-state index contributed by atoms with van der Waals surface area (Å²) in [4.78, 5) is 4.11. The molecule has 0 aliphatic heterocycles. The molecule has 0 saturated heterocycles. The van der Waals surface area contributed by atoms with E-state index in [0.717, 1.165) is 18.9 Å². The van der Waals surface area contributed by atoms with Gasteiger partial charge in [-0.05, 0) is 18.4 Å². The highest BCUT2D eigenvalue weighted by Crippen LogP contribution is 2.32. The number of nitrogens with two attached hydrogens (primary N) is 1. The van der Waals surface area contributed by atoms with E-state index in [1.54, 1.807) is 12.3 Å². The van der Waals surface area contributed by atoms with Crippen LogP contribution in [0.4, 0.5) is 11.5 Å². The summed E-state index contributed by atoms with van der Waals surface area (Å²) in [5, 5.41) is 12.1. The van der Waals surface area contributed by atoms with Crippen LogP contribution in [0.1, 0.15) is 24.8 Å². The molecule has 1 saturated carbocycles. The maximum atomic E-state index is 8.88. The zero-order valence-corrected chi connectivity index (χ0v) is 8.53. The average Bonchev–Trinajstić information content (AvgIpc) is 3.04. The lowest BCUT2D eigenvalue weighted by Gasteiger charge is -2.06. The van der Waals surface area contributed by atoms with Crippen LogP contribution < -0.4 is 11.1 Å². The van der Waals surface area contributed by atoms with Gasteiger partial charge in [0.2, 0.25) is 0 Å². The molecule has 0 atom stereocenters. The summed E-state index contributed by atoms with van der Waals surface area (Å²) in [6.45, 7) is 0.885. The predicted octanol–water partition coefficient (Wildman–Crippen LogP) is 1.75. The van der Waals surface area contributed by atoms with Crippen molar-refractivity contribution >= 4 is 11.5 Å². The Morgan fingerprint density at radius 3 is 3.07 bits per heavy atom. The number of nitrogens with zero attached hydrogens (tertiary/aromatic N) is 2. The molecule has 2 rings (SSSR count). The van der Waals surface area contributed by atoms with Gasteiger partial charge in [-0.2, -0.15) is 5.26 Å². The summed E-state index contributed by atoms with van der Waals surface area (Å²) in [7, 11) is 0. The Morgan fingerprint density at radius 1 is 1.60 bits per heavy atom. The van der Waals surface area contributed by atoms with E-state index >= 15 is 0 Å². The zero-order chi connectivity index (χ0) is 10.7. The molecule has 1 aromatic rings. The number of anilines is 2. The molecule has 0 amide bonds. The first-order valence-electron chi connectivity index (χ1n) is 5.19. The van der Waals surface area contributed by atoms with Crippen molar-refractivity contribution in [1.29, 1.82) is 5.26 Å². The smallest absolute Gasteiger partial charge is 0.144 e. The summed E-state index contributed by atoms with van der Waals surface area (Å²) in [5.41, 5.74) is 6.59. The molecule has 0 aromatic carbocycles. The van der Waals surface area contributed by atoms with Crippen LogP contribution in [0.2, 0.25) is 0 Å². The maximum absolute atomic E-state index is 8.88. The molecule has 4 nitrogen and oxygen atoms in total. The van der Waals surface area contributed by atoms with Gasteiger partial charge in [0.05, 0.1) is 17.4 Å². The van der Waals surface area contributed by atoms with E-state index < -0.39 is 0 Å². The van der Waals surface area contributed by atoms with Crippen molar-refractivity contribution < 1.29 is 0 Å². The molecule has 78 valence electrons. The molecule has 0 radical (unpaired) electrons. The van der Waals surface area contributed by atoms with Crippen molar-refractivity contribution in [2.45, 2.75) is 19.3 Å². The summed E-state index contributed by atoms with van der Waals surface area (Å²) in [5.74, 6) is 1.53. The lowest BCUT2D eigenvalue weighted by molar-refractivity contribution is 0.758. The Hall–Kier alpha value is -1.76. The second kappa shape index (κ2) is 4.18. The van der Waals surface area contributed by atoms with Gasteiger partial charge in [0.25, 0.3) is 0 Å². The van der Waals surface area contributed by atoms with E-state index in [0.29, 0.717) is 17.1 Å². The number of nitrogens with one attached hydrogen (secondary N) is 1. The topological polar surface area (TPSA) is 74.7 Å². The van der Waals surface area contributed by atoms with Gasteiger partial charge in [-0.3, -0.25) is 0 Å². The predicted molar refractivity (Wildman–Crippen MR) is 59.2 cm³/mol. The van der Waals surface area contributed by atoms with Crippen LogP contribution in [0.3, 0.4) is 0 Å². The first-order valence-corrected chi connectivity index (χ1v) is 5.19. The van der Waals surface area contributed by atoms with Gasteiger partial charge in [0.1, 0.15) is 11.9 Å². The van der Waals surface area contributed by atoms with Gasteiger partial charge in [-0.25, -0.2) is 4.98 Å². The summed E-state index contributed by atoms with van der Waals surface area (Å²) in [6, 6.07) is 3.73. The Morgan fingerprint density at radius 2 is 2.40 bits per heavy atom. The van der Waals surface area contributed by atoms with Gasteiger partial charge in [-0.1, -0.05) is 12.8 Å². The summed E-state index contributed by atoms with van der Waals surface area (Å²) in [6.07, 6.45) is 5.43. The van der Waals surface area contributed by atoms with Crippen molar-refractivity contribution in [2.24, 2.45) is 5.92 Å². The third-order valence-electron chi connectivity index (χ3n) is 2.57. The molecule has 1 aliphatic rings. The Bertz CT molecular complexity index is 390. The van der Waals surface area contributed by atoms with Crippen molar-refractivity contribution in [2.75, 3.05) is 17.6 Å². The van der Waals surface area contributed by atoms with E-state index in [9.17, 15) is 0 Å². The minimum absolute atomic E-state index is 0.519. The minimum Gasteiger partial charge on any atom is -0.397 e. The molecule has 4 heteroatoms. The Balaban J connectivity index is 1.96. The molecule has 3 N–H and O–H groups in total. The first kappa shape index (κ1) is 9.78. The highest BCUT2D eigenvalue weighted by atomic mass is 15.0. The number of hydrogen-bond donors (Lipinski definition) is 2. The molecule has 0 spiro atoms. The van der Waals surface area contributed by atoms with Crippen LogP contribution in [0.15, 0.2) is 12.3 Å². The van der Waals surface area contributed by atoms with E-state index in [1.807, 2.05) is 0 Å². The van der Waals surface area contributed by atoms with E-state index in [2.05, 4.69) is 16.4 Å². The van der Waals surface area contributed by atoms with Crippen LogP contribution in [-0.4, -0.2) is 11.5 Å². The van der Waals surface area contributed by atoms with Crippen LogP contribution in [0, 0.1) is 17.2 Å². The normalized spacial score (nSPS) is 14.6. The first-order chi connectivity index (χ1) is 7.29.